The molecule has 0 radical (unpaired) electrons. The molecule has 0 aromatic heterocycles. The van der Waals surface area contributed by atoms with Gasteiger partial charge in [-0.2, -0.15) is 0 Å². The molecule has 0 aromatic carbocycles. The summed E-state index contributed by atoms with van der Waals surface area (Å²) in [5.41, 5.74) is -1.66. The zero-order valence-corrected chi connectivity index (χ0v) is 14.9. The molecule has 1 heterocycles. The van der Waals surface area contributed by atoms with Crippen LogP contribution < -0.4 is 0 Å². The summed E-state index contributed by atoms with van der Waals surface area (Å²) in [7, 11) is 1.47. The summed E-state index contributed by atoms with van der Waals surface area (Å²) in [5.74, 6) is -2.26. The molecule has 2 N–H and O–H groups in total. The number of hydrogen-bond donors (Lipinski definition) is 2. The third-order valence-corrected chi connectivity index (χ3v) is 4.67. The number of amides is 1. The van der Waals surface area contributed by atoms with Crippen LogP contribution in [0.3, 0.4) is 0 Å². The molecule has 0 saturated carbocycles. The quantitative estimate of drug-likeness (QED) is 0.518. The number of rotatable bonds is 8. The monoisotopic (exact) mass is 329 g/mol. The molecule has 0 spiro atoms. The van der Waals surface area contributed by atoms with Crippen LogP contribution in [0.5, 0.6) is 0 Å². The van der Waals surface area contributed by atoms with E-state index in [0.717, 1.165) is 25.7 Å². The lowest BCUT2D eigenvalue weighted by atomic mass is 9.79. The van der Waals surface area contributed by atoms with Crippen LogP contribution in [-0.4, -0.2) is 58.4 Å². The number of aliphatic hydroxyl groups excluding tert-OH is 1. The first-order valence-electron chi connectivity index (χ1n) is 8.50. The molecule has 0 aromatic rings. The van der Waals surface area contributed by atoms with Crippen molar-refractivity contribution >= 4 is 11.9 Å². The maximum Gasteiger partial charge on any atom is 0.331 e. The molecule has 134 valence electrons. The van der Waals surface area contributed by atoms with Gasteiger partial charge in [-0.25, -0.2) is 4.79 Å². The van der Waals surface area contributed by atoms with Crippen LogP contribution in [0.4, 0.5) is 0 Å². The van der Waals surface area contributed by atoms with E-state index in [9.17, 15) is 19.8 Å². The Morgan fingerprint density at radius 2 is 1.96 bits per heavy atom. The summed E-state index contributed by atoms with van der Waals surface area (Å²) >= 11 is 0. The number of aliphatic hydroxyl groups is 2. The Morgan fingerprint density at radius 1 is 1.35 bits per heavy atom. The Labute approximate surface area is 138 Å². The number of hydrogen-bond acceptors (Lipinski definition) is 5. The van der Waals surface area contributed by atoms with Crippen molar-refractivity contribution in [1.29, 1.82) is 0 Å². The van der Waals surface area contributed by atoms with Crippen LogP contribution in [0, 0.1) is 11.8 Å². The van der Waals surface area contributed by atoms with Crippen molar-refractivity contribution in [2.24, 2.45) is 11.8 Å². The van der Waals surface area contributed by atoms with Crippen molar-refractivity contribution < 1.29 is 24.5 Å². The molecule has 6 nitrogen and oxygen atoms in total. The predicted molar refractivity (Wildman–Crippen MR) is 86.6 cm³/mol. The van der Waals surface area contributed by atoms with E-state index in [1.165, 1.54) is 18.9 Å². The molecule has 1 saturated heterocycles. The Bertz CT molecular complexity index is 421. The smallest absolute Gasteiger partial charge is 0.331 e. The van der Waals surface area contributed by atoms with Gasteiger partial charge in [0.05, 0.1) is 18.6 Å². The lowest BCUT2D eigenvalue weighted by Gasteiger charge is -2.32. The molecule has 1 aliphatic rings. The normalized spacial score (nSPS) is 29.2. The SMILES string of the molecule is CCCCCCOC(=O)[C@@H]1N(C)C(=O)[C@@H]([C@@H](O)C(C)C)[C@@]1(C)O. The third-order valence-electron chi connectivity index (χ3n) is 4.67. The molecule has 23 heavy (non-hydrogen) atoms. The fourth-order valence-electron chi connectivity index (χ4n) is 3.21. The van der Waals surface area contributed by atoms with Gasteiger partial charge < -0.3 is 19.8 Å². The molecule has 6 heteroatoms. The van der Waals surface area contributed by atoms with Crippen molar-refractivity contribution in [3.8, 4) is 0 Å². The van der Waals surface area contributed by atoms with Gasteiger partial charge in [0.15, 0.2) is 6.04 Å². The maximum atomic E-state index is 12.4. The van der Waals surface area contributed by atoms with Crippen LogP contribution >= 0.6 is 0 Å². The van der Waals surface area contributed by atoms with Crippen molar-refractivity contribution in [2.75, 3.05) is 13.7 Å². The van der Waals surface area contributed by atoms with Gasteiger partial charge in [0.1, 0.15) is 5.60 Å². The van der Waals surface area contributed by atoms with Crippen molar-refractivity contribution in [3.05, 3.63) is 0 Å². The highest BCUT2D eigenvalue weighted by atomic mass is 16.5. The number of carbonyl (C=O) groups excluding carboxylic acids is 2. The predicted octanol–water partition coefficient (Wildman–Crippen LogP) is 1.33. The largest absolute Gasteiger partial charge is 0.464 e. The van der Waals surface area contributed by atoms with E-state index in [2.05, 4.69) is 6.92 Å². The van der Waals surface area contributed by atoms with E-state index in [1.54, 1.807) is 13.8 Å². The number of unbranched alkanes of at least 4 members (excludes halogenated alkanes) is 3. The van der Waals surface area contributed by atoms with Gasteiger partial charge in [0.25, 0.3) is 0 Å². The van der Waals surface area contributed by atoms with Crippen LogP contribution in [-0.2, 0) is 14.3 Å². The average Bonchev–Trinajstić information content (AvgIpc) is 2.63. The fourth-order valence-corrected chi connectivity index (χ4v) is 3.21. The van der Waals surface area contributed by atoms with Gasteiger partial charge in [-0.05, 0) is 19.3 Å². The molecule has 1 amide bonds. The maximum absolute atomic E-state index is 12.4. The second-order valence-electron chi connectivity index (χ2n) is 7.02. The van der Waals surface area contributed by atoms with Gasteiger partial charge in [-0.3, -0.25) is 4.79 Å². The van der Waals surface area contributed by atoms with Gasteiger partial charge in [0, 0.05) is 7.05 Å². The number of likely N-dealkylation sites (N-methyl/N-ethyl adjacent to an activating group) is 1. The molecule has 4 atom stereocenters. The van der Waals surface area contributed by atoms with E-state index < -0.39 is 35.5 Å². The number of likely N-dealkylation sites (tertiary alicyclic amines) is 1. The van der Waals surface area contributed by atoms with E-state index in [4.69, 9.17) is 4.74 Å². The summed E-state index contributed by atoms with van der Waals surface area (Å²) in [6, 6.07) is -1.08. The Balaban J connectivity index is 2.78. The summed E-state index contributed by atoms with van der Waals surface area (Å²) < 4.78 is 5.24. The second kappa shape index (κ2) is 8.11. The van der Waals surface area contributed by atoms with Crippen LogP contribution in [0.2, 0.25) is 0 Å². The molecule has 1 aliphatic heterocycles. The zero-order valence-electron chi connectivity index (χ0n) is 14.9. The van der Waals surface area contributed by atoms with Crippen molar-refractivity contribution in [2.45, 2.75) is 71.1 Å². The first kappa shape index (κ1) is 19.9. The zero-order chi connectivity index (χ0) is 17.8. The van der Waals surface area contributed by atoms with Crippen molar-refractivity contribution in [1.82, 2.24) is 4.90 Å². The van der Waals surface area contributed by atoms with E-state index in [-0.39, 0.29) is 12.5 Å². The topological polar surface area (TPSA) is 87.1 Å². The van der Waals surface area contributed by atoms with E-state index >= 15 is 0 Å². The molecular formula is C17H31NO5. The van der Waals surface area contributed by atoms with Gasteiger partial charge >= 0.3 is 5.97 Å². The summed E-state index contributed by atoms with van der Waals surface area (Å²) in [4.78, 5) is 25.9. The molecular weight excluding hydrogens is 298 g/mol. The lowest BCUT2D eigenvalue weighted by Crippen LogP contribution is -2.52. The molecule has 1 fully saturated rings. The van der Waals surface area contributed by atoms with E-state index in [1.807, 2.05) is 0 Å². The molecule has 0 bridgehead atoms. The third kappa shape index (κ3) is 4.23. The number of esters is 1. The standard InChI is InChI=1S/C17H31NO5/c1-6-7-8-9-10-23-16(21)14-17(4,22)12(13(19)11(2)3)15(20)18(14)5/h11-14,19,22H,6-10H2,1-5H3/t12-,13+,14+,17-/m1/s1. The summed E-state index contributed by atoms with van der Waals surface area (Å²) in [5, 5.41) is 21.0. The van der Waals surface area contributed by atoms with Gasteiger partial charge in [0.2, 0.25) is 5.91 Å². The minimum atomic E-state index is -1.66. The lowest BCUT2D eigenvalue weighted by molar-refractivity contribution is -0.157. The summed E-state index contributed by atoms with van der Waals surface area (Å²) in [6.45, 7) is 7.35. The Hall–Kier alpha value is -1.14. The van der Waals surface area contributed by atoms with Gasteiger partial charge in [-0.1, -0.05) is 40.0 Å². The highest BCUT2D eigenvalue weighted by Gasteiger charge is 2.60. The Kier molecular flexibility index (Phi) is 7.02. The van der Waals surface area contributed by atoms with Crippen LogP contribution in [0.15, 0.2) is 0 Å². The Morgan fingerprint density at radius 3 is 2.48 bits per heavy atom. The molecule has 0 unspecified atom stereocenters. The fraction of sp³-hybridized carbons (Fsp3) is 0.882. The minimum absolute atomic E-state index is 0.201. The van der Waals surface area contributed by atoms with Crippen LogP contribution in [0.1, 0.15) is 53.4 Å². The number of carbonyl (C=O) groups is 2. The van der Waals surface area contributed by atoms with Gasteiger partial charge in [-0.15, -0.1) is 0 Å². The highest BCUT2D eigenvalue weighted by Crippen LogP contribution is 2.38. The second-order valence-corrected chi connectivity index (χ2v) is 7.02. The van der Waals surface area contributed by atoms with Crippen molar-refractivity contribution in [3.63, 3.8) is 0 Å². The first-order valence-corrected chi connectivity index (χ1v) is 8.50. The molecule has 1 rings (SSSR count). The van der Waals surface area contributed by atoms with E-state index in [0.29, 0.717) is 0 Å². The minimum Gasteiger partial charge on any atom is -0.464 e. The van der Waals surface area contributed by atoms with Crippen LogP contribution in [0.25, 0.3) is 0 Å². The number of ether oxygens (including phenoxy) is 1. The molecule has 0 aliphatic carbocycles. The highest BCUT2D eigenvalue weighted by molar-refractivity contribution is 5.92. The number of nitrogens with zero attached hydrogens (tertiary/aromatic N) is 1. The first-order chi connectivity index (χ1) is 10.7. The summed E-state index contributed by atoms with van der Waals surface area (Å²) in [6.07, 6.45) is 2.91. The average molecular weight is 329 g/mol.